The van der Waals surface area contributed by atoms with Gasteiger partial charge in [-0.05, 0) is 31.2 Å². The van der Waals surface area contributed by atoms with Crippen LogP contribution in [0.25, 0.3) is 0 Å². The Kier molecular flexibility index (Phi) is 5.68. The SMILES string of the molecule is CC(=O)Nc1ccccc1OCC(=O)Nc1ccccc1C(C)=O. The number of carbonyl (C=O) groups excluding carboxylic acids is 3. The molecule has 2 aromatic carbocycles. The normalized spacial score (nSPS) is 9.92. The predicted molar refractivity (Wildman–Crippen MR) is 91.3 cm³/mol. The summed E-state index contributed by atoms with van der Waals surface area (Å²) in [5.41, 5.74) is 1.36. The molecule has 0 unspecified atom stereocenters. The van der Waals surface area contributed by atoms with Crippen LogP contribution in [0.3, 0.4) is 0 Å². The van der Waals surface area contributed by atoms with Crippen molar-refractivity contribution in [2.45, 2.75) is 13.8 Å². The minimum absolute atomic E-state index is 0.136. The number of nitrogens with one attached hydrogen (secondary N) is 2. The van der Waals surface area contributed by atoms with Gasteiger partial charge in [0.15, 0.2) is 12.4 Å². The fourth-order valence-corrected chi connectivity index (χ4v) is 2.11. The smallest absolute Gasteiger partial charge is 0.262 e. The molecule has 6 heteroatoms. The Labute approximate surface area is 139 Å². The quantitative estimate of drug-likeness (QED) is 0.799. The molecule has 2 rings (SSSR count). The van der Waals surface area contributed by atoms with E-state index < -0.39 is 5.91 Å². The van der Waals surface area contributed by atoms with Gasteiger partial charge in [0.25, 0.3) is 5.91 Å². The minimum atomic E-state index is -0.402. The van der Waals surface area contributed by atoms with Crippen LogP contribution in [-0.4, -0.2) is 24.2 Å². The molecule has 0 aliphatic rings. The largest absolute Gasteiger partial charge is 0.482 e. The molecule has 2 N–H and O–H groups in total. The molecule has 6 nitrogen and oxygen atoms in total. The zero-order valence-corrected chi connectivity index (χ0v) is 13.5. The van der Waals surface area contributed by atoms with E-state index in [-0.39, 0.29) is 18.3 Å². The third kappa shape index (κ3) is 4.67. The van der Waals surface area contributed by atoms with Crippen molar-refractivity contribution >= 4 is 29.0 Å². The average molecular weight is 326 g/mol. The summed E-state index contributed by atoms with van der Waals surface area (Å²) in [5.74, 6) is -0.377. The Morgan fingerprint density at radius 1 is 0.875 bits per heavy atom. The van der Waals surface area contributed by atoms with Crippen molar-refractivity contribution < 1.29 is 19.1 Å². The van der Waals surface area contributed by atoms with Gasteiger partial charge >= 0.3 is 0 Å². The number of hydrogen-bond acceptors (Lipinski definition) is 4. The van der Waals surface area contributed by atoms with Crippen LogP contribution in [0.4, 0.5) is 11.4 Å². The Morgan fingerprint density at radius 3 is 2.17 bits per heavy atom. The van der Waals surface area contributed by atoms with Gasteiger partial charge in [-0.1, -0.05) is 24.3 Å². The van der Waals surface area contributed by atoms with Crippen LogP contribution < -0.4 is 15.4 Å². The first-order chi connectivity index (χ1) is 11.5. The van der Waals surface area contributed by atoms with Gasteiger partial charge in [0.1, 0.15) is 5.75 Å². The molecule has 0 fully saturated rings. The van der Waals surface area contributed by atoms with E-state index in [1.165, 1.54) is 13.8 Å². The molecule has 0 atom stereocenters. The first-order valence-corrected chi connectivity index (χ1v) is 7.36. The van der Waals surface area contributed by atoms with Crippen LogP contribution in [0.15, 0.2) is 48.5 Å². The molecular formula is C18H18N2O4. The number of carbonyl (C=O) groups is 3. The summed E-state index contributed by atoms with van der Waals surface area (Å²) in [7, 11) is 0. The lowest BCUT2D eigenvalue weighted by Gasteiger charge is -2.12. The standard InChI is InChI=1S/C18H18N2O4/c1-12(21)14-7-3-4-8-15(14)20-18(23)11-24-17-10-6-5-9-16(17)19-13(2)22/h3-10H,11H2,1-2H3,(H,19,22)(H,20,23). The molecule has 0 aromatic heterocycles. The van der Waals surface area contributed by atoms with Crippen molar-refractivity contribution in [1.29, 1.82) is 0 Å². The number of para-hydroxylation sites is 3. The number of ether oxygens (including phenoxy) is 1. The second-order valence-electron chi connectivity index (χ2n) is 5.12. The molecule has 0 bridgehead atoms. The summed E-state index contributed by atoms with van der Waals surface area (Å²) in [6.45, 7) is 2.58. The number of Topliss-reactive ketones (excluding diaryl/α,β-unsaturated/α-hetero) is 1. The van der Waals surface area contributed by atoms with Gasteiger partial charge in [-0.3, -0.25) is 14.4 Å². The summed E-state index contributed by atoms with van der Waals surface area (Å²) < 4.78 is 5.46. The van der Waals surface area contributed by atoms with E-state index in [2.05, 4.69) is 10.6 Å². The maximum absolute atomic E-state index is 12.1. The lowest BCUT2D eigenvalue weighted by atomic mass is 10.1. The summed E-state index contributed by atoms with van der Waals surface area (Å²) in [5, 5.41) is 5.28. The lowest BCUT2D eigenvalue weighted by molar-refractivity contribution is -0.118. The fourth-order valence-electron chi connectivity index (χ4n) is 2.11. The van der Waals surface area contributed by atoms with Crippen molar-refractivity contribution in [1.82, 2.24) is 0 Å². The molecule has 0 spiro atoms. The third-order valence-corrected chi connectivity index (χ3v) is 3.14. The Morgan fingerprint density at radius 2 is 1.50 bits per heavy atom. The fraction of sp³-hybridized carbons (Fsp3) is 0.167. The monoisotopic (exact) mass is 326 g/mol. The Bertz CT molecular complexity index is 771. The van der Waals surface area contributed by atoms with Gasteiger partial charge in [-0.25, -0.2) is 0 Å². The summed E-state index contributed by atoms with van der Waals surface area (Å²) in [4.78, 5) is 34.8. The number of amides is 2. The van der Waals surface area contributed by atoms with Crippen LogP contribution in [0.5, 0.6) is 5.75 Å². The number of ketones is 1. The molecule has 0 saturated heterocycles. The zero-order valence-electron chi connectivity index (χ0n) is 13.5. The second-order valence-corrected chi connectivity index (χ2v) is 5.12. The second kappa shape index (κ2) is 7.92. The van der Waals surface area contributed by atoms with Crippen molar-refractivity contribution in [2.24, 2.45) is 0 Å². The Balaban J connectivity index is 2.02. The van der Waals surface area contributed by atoms with E-state index in [0.717, 1.165) is 0 Å². The molecular weight excluding hydrogens is 308 g/mol. The molecule has 2 amide bonds. The first kappa shape index (κ1) is 17.2. The van der Waals surface area contributed by atoms with Crippen LogP contribution in [0.2, 0.25) is 0 Å². The van der Waals surface area contributed by atoms with Crippen molar-refractivity contribution in [2.75, 3.05) is 17.2 Å². The number of anilines is 2. The van der Waals surface area contributed by atoms with E-state index in [1.807, 2.05) is 0 Å². The van der Waals surface area contributed by atoms with Crippen LogP contribution in [0.1, 0.15) is 24.2 Å². The van der Waals surface area contributed by atoms with Crippen LogP contribution in [0, 0.1) is 0 Å². The maximum Gasteiger partial charge on any atom is 0.262 e. The highest BCUT2D eigenvalue weighted by Crippen LogP contribution is 2.23. The summed E-state index contributed by atoms with van der Waals surface area (Å²) in [6, 6.07) is 13.6. The minimum Gasteiger partial charge on any atom is -0.482 e. The lowest BCUT2D eigenvalue weighted by Crippen LogP contribution is -2.21. The van der Waals surface area contributed by atoms with Gasteiger partial charge in [-0.2, -0.15) is 0 Å². The zero-order chi connectivity index (χ0) is 17.5. The summed E-state index contributed by atoms with van der Waals surface area (Å²) >= 11 is 0. The Hall–Kier alpha value is -3.15. The molecule has 0 aliphatic heterocycles. The van der Waals surface area contributed by atoms with E-state index in [4.69, 9.17) is 4.74 Å². The van der Waals surface area contributed by atoms with E-state index in [1.54, 1.807) is 48.5 Å². The van der Waals surface area contributed by atoms with Crippen molar-refractivity contribution in [3.8, 4) is 5.75 Å². The van der Waals surface area contributed by atoms with Crippen molar-refractivity contribution in [3.63, 3.8) is 0 Å². The molecule has 0 radical (unpaired) electrons. The molecule has 2 aromatic rings. The molecule has 0 heterocycles. The van der Waals surface area contributed by atoms with E-state index in [9.17, 15) is 14.4 Å². The molecule has 124 valence electrons. The summed E-state index contributed by atoms with van der Waals surface area (Å²) in [6.07, 6.45) is 0. The van der Waals surface area contributed by atoms with Gasteiger partial charge < -0.3 is 15.4 Å². The number of hydrogen-bond donors (Lipinski definition) is 2. The highest BCUT2D eigenvalue weighted by Gasteiger charge is 2.11. The highest BCUT2D eigenvalue weighted by molar-refractivity contribution is 6.04. The number of benzene rings is 2. The predicted octanol–water partition coefficient (Wildman–Crippen LogP) is 2.87. The molecule has 24 heavy (non-hydrogen) atoms. The van der Waals surface area contributed by atoms with Crippen LogP contribution >= 0.6 is 0 Å². The first-order valence-electron chi connectivity index (χ1n) is 7.36. The van der Waals surface area contributed by atoms with E-state index >= 15 is 0 Å². The highest BCUT2D eigenvalue weighted by atomic mass is 16.5. The average Bonchev–Trinajstić information content (AvgIpc) is 2.54. The van der Waals surface area contributed by atoms with Gasteiger partial charge in [0.05, 0.1) is 11.4 Å². The van der Waals surface area contributed by atoms with Crippen LogP contribution in [-0.2, 0) is 9.59 Å². The maximum atomic E-state index is 12.1. The number of rotatable bonds is 6. The van der Waals surface area contributed by atoms with Gasteiger partial charge in [0.2, 0.25) is 5.91 Å². The van der Waals surface area contributed by atoms with Crippen molar-refractivity contribution in [3.05, 3.63) is 54.1 Å². The molecule has 0 saturated carbocycles. The van der Waals surface area contributed by atoms with E-state index in [0.29, 0.717) is 22.7 Å². The molecule has 0 aliphatic carbocycles. The third-order valence-electron chi connectivity index (χ3n) is 3.14. The van der Waals surface area contributed by atoms with Gasteiger partial charge in [-0.15, -0.1) is 0 Å². The van der Waals surface area contributed by atoms with Gasteiger partial charge in [0, 0.05) is 12.5 Å². The topological polar surface area (TPSA) is 84.5 Å².